The molecule has 2 aliphatic carbocycles. The molecule has 1 fully saturated rings. The first-order valence-corrected chi connectivity index (χ1v) is 9.49. The number of carboxylic acids is 1. The van der Waals surface area contributed by atoms with Crippen LogP contribution in [0.15, 0.2) is 60.7 Å². The molecule has 0 saturated heterocycles. The molecule has 0 radical (unpaired) electrons. The lowest BCUT2D eigenvalue weighted by molar-refractivity contribution is -0.147. The molecule has 2 N–H and O–H groups in total. The zero-order valence-corrected chi connectivity index (χ0v) is 15.7. The third kappa shape index (κ3) is 3.40. The van der Waals surface area contributed by atoms with Crippen molar-refractivity contribution < 1.29 is 19.4 Å². The summed E-state index contributed by atoms with van der Waals surface area (Å²) in [4.78, 5) is 24.2. The molecule has 28 heavy (non-hydrogen) atoms. The number of hydrogen-bond donors (Lipinski definition) is 2. The molecular weight excluding hydrogens is 354 g/mol. The van der Waals surface area contributed by atoms with Gasteiger partial charge in [-0.05, 0) is 47.1 Å². The summed E-state index contributed by atoms with van der Waals surface area (Å²) in [6.07, 6.45) is 4.72. The number of carbonyl (C=O) groups is 2. The van der Waals surface area contributed by atoms with Crippen molar-refractivity contribution in [2.24, 2.45) is 23.7 Å². The Balaban J connectivity index is 1.39. The summed E-state index contributed by atoms with van der Waals surface area (Å²) in [6.45, 7) is 0.395. The smallest absolute Gasteiger partial charge is 0.307 e. The van der Waals surface area contributed by atoms with Crippen molar-refractivity contribution in [3.8, 4) is 16.9 Å². The number of methoxy groups -OCH3 is 1. The van der Waals surface area contributed by atoms with E-state index in [9.17, 15) is 14.7 Å². The first-order chi connectivity index (χ1) is 13.6. The first kappa shape index (κ1) is 18.3. The maximum absolute atomic E-state index is 12.7. The molecule has 2 bridgehead atoms. The number of nitrogens with one attached hydrogen (secondary N) is 1. The lowest BCUT2D eigenvalue weighted by atomic mass is 9.82. The van der Waals surface area contributed by atoms with E-state index in [0.717, 1.165) is 28.9 Å². The van der Waals surface area contributed by atoms with Gasteiger partial charge < -0.3 is 15.2 Å². The van der Waals surface area contributed by atoms with Crippen LogP contribution in [-0.2, 0) is 16.1 Å². The fourth-order valence-corrected chi connectivity index (χ4v) is 4.42. The number of amides is 1. The molecule has 5 nitrogen and oxygen atoms in total. The number of aliphatic carboxylic acids is 1. The molecule has 4 atom stereocenters. The summed E-state index contributed by atoms with van der Waals surface area (Å²) in [5, 5.41) is 12.4. The molecule has 0 aromatic heterocycles. The maximum atomic E-state index is 12.7. The Morgan fingerprint density at radius 3 is 2.11 bits per heavy atom. The van der Waals surface area contributed by atoms with Crippen molar-refractivity contribution in [3.05, 3.63) is 66.2 Å². The fourth-order valence-electron chi connectivity index (χ4n) is 4.42. The van der Waals surface area contributed by atoms with Crippen molar-refractivity contribution in [1.82, 2.24) is 5.32 Å². The zero-order valence-electron chi connectivity index (χ0n) is 15.7. The van der Waals surface area contributed by atoms with Crippen LogP contribution >= 0.6 is 0 Å². The molecule has 2 aliphatic rings. The van der Waals surface area contributed by atoms with Gasteiger partial charge in [-0.15, -0.1) is 0 Å². The Labute approximate surface area is 164 Å². The van der Waals surface area contributed by atoms with Crippen molar-refractivity contribution in [1.29, 1.82) is 0 Å². The maximum Gasteiger partial charge on any atom is 0.307 e. The van der Waals surface area contributed by atoms with Gasteiger partial charge in [0.15, 0.2) is 0 Å². The summed E-state index contributed by atoms with van der Waals surface area (Å²) in [7, 11) is 1.64. The Kier molecular flexibility index (Phi) is 4.90. The van der Waals surface area contributed by atoms with Crippen LogP contribution in [0.2, 0.25) is 0 Å². The van der Waals surface area contributed by atoms with E-state index in [1.165, 1.54) is 0 Å². The standard InChI is InChI=1S/C23H23NO4/c1-28-19-10-8-16(9-11-19)15-4-2-14(3-5-15)13-24-22(25)20-17-6-7-18(12-17)21(20)23(26)27/h2-11,17-18,20-21H,12-13H2,1H3,(H,24,25)(H,26,27). The average molecular weight is 377 g/mol. The Morgan fingerprint density at radius 1 is 0.964 bits per heavy atom. The molecular formula is C23H23NO4. The second-order valence-corrected chi connectivity index (χ2v) is 7.48. The third-order valence-corrected chi connectivity index (χ3v) is 5.89. The minimum atomic E-state index is -0.874. The van der Waals surface area contributed by atoms with Gasteiger partial charge >= 0.3 is 5.97 Å². The van der Waals surface area contributed by atoms with Crippen LogP contribution in [-0.4, -0.2) is 24.1 Å². The van der Waals surface area contributed by atoms with E-state index in [1.54, 1.807) is 7.11 Å². The summed E-state index contributed by atoms with van der Waals surface area (Å²) in [5.74, 6) is -1.26. The number of allylic oxidation sites excluding steroid dienone is 2. The minimum absolute atomic E-state index is 0.0120. The predicted octanol–water partition coefficient (Wildman–Crippen LogP) is 3.50. The minimum Gasteiger partial charge on any atom is -0.497 e. The van der Waals surface area contributed by atoms with Crippen LogP contribution in [0.25, 0.3) is 11.1 Å². The van der Waals surface area contributed by atoms with E-state index in [4.69, 9.17) is 4.74 Å². The highest BCUT2D eigenvalue weighted by molar-refractivity contribution is 5.86. The number of carbonyl (C=O) groups excluding carboxylic acids is 1. The monoisotopic (exact) mass is 377 g/mol. The van der Waals surface area contributed by atoms with Crippen LogP contribution in [0.1, 0.15) is 12.0 Å². The molecule has 0 heterocycles. The topological polar surface area (TPSA) is 75.6 Å². The SMILES string of the molecule is COc1ccc(-c2ccc(CNC(=O)C3C4C=CC(C4)C3C(=O)O)cc2)cc1. The van der Waals surface area contributed by atoms with Gasteiger partial charge in [-0.25, -0.2) is 0 Å². The predicted molar refractivity (Wildman–Crippen MR) is 106 cm³/mol. The van der Waals surface area contributed by atoms with E-state index in [0.29, 0.717) is 6.54 Å². The van der Waals surface area contributed by atoms with Gasteiger partial charge in [-0.2, -0.15) is 0 Å². The van der Waals surface area contributed by atoms with Gasteiger partial charge in [-0.1, -0.05) is 48.6 Å². The second-order valence-electron chi connectivity index (χ2n) is 7.48. The van der Waals surface area contributed by atoms with Crippen LogP contribution in [0.3, 0.4) is 0 Å². The summed E-state index contributed by atoms with van der Waals surface area (Å²) >= 11 is 0. The average Bonchev–Trinajstić information content (AvgIpc) is 3.34. The largest absolute Gasteiger partial charge is 0.497 e. The molecule has 4 unspecified atom stereocenters. The number of benzene rings is 2. The van der Waals surface area contributed by atoms with Crippen molar-refractivity contribution in [3.63, 3.8) is 0 Å². The van der Waals surface area contributed by atoms with Gasteiger partial charge in [0.25, 0.3) is 0 Å². The molecule has 1 amide bonds. The number of ether oxygens (including phenoxy) is 1. The van der Waals surface area contributed by atoms with Gasteiger partial charge in [0.2, 0.25) is 5.91 Å². The number of carboxylic acid groups (broad SMARTS) is 1. The Bertz CT molecular complexity index is 901. The molecule has 2 aromatic rings. The highest BCUT2D eigenvalue weighted by atomic mass is 16.5. The van der Waals surface area contributed by atoms with Gasteiger partial charge in [0, 0.05) is 6.54 Å². The first-order valence-electron chi connectivity index (χ1n) is 9.49. The Morgan fingerprint density at radius 2 is 1.54 bits per heavy atom. The van der Waals surface area contributed by atoms with Crippen LogP contribution in [0, 0.1) is 23.7 Å². The second kappa shape index (κ2) is 7.50. The highest BCUT2D eigenvalue weighted by Crippen LogP contribution is 2.48. The number of hydrogen-bond acceptors (Lipinski definition) is 3. The third-order valence-electron chi connectivity index (χ3n) is 5.89. The van der Waals surface area contributed by atoms with E-state index in [1.807, 2.05) is 60.7 Å². The van der Waals surface area contributed by atoms with E-state index in [2.05, 4.69) is 5.32 Å². The Hall–Kier alpha value is -3.08. The quantitative estimate of drug-likeness (QED) is 0.756. The van der Waals surface area contributed by atoms with Gasteiger partial charge in [-0.3, -0.25) is 9.59 Å². The summed E-state index contributed by atoms with van der Waals surface area (Å²) in [5.41, 5.74) is 3.16. The fraction of sp³-hybridized carbons (Fsp3) is 0.304. The molecule has 0 spiro atoms. The normalized spacial score (nSPS) is 24.9. The van der Waals surface area contributed by atoms with Crippen LogP contribution in [0.5, 0.6) is 5.75 Å². The van der Waals surface area contributed by atoms with Crippen LogP contribution < -0.4 is 10.1 Å². The summed E-state index contributed by atoms with van der Waals surface area (Å²) < 4.78 is 5.18. The lowest BCUT2D eigenvalue weighted by Crippen LogP contribution is -2.39. The van der Waals surface area contributed by atoms with Gasteiger partial charge in [0.05, 0.1) is 18.9 Å². The lowest BCUT2D eigenvalue weighted by Gasteiger charge is -2.23. The van der Waals surface area contributed by atoms with Crippen molar-refractivity contribution >= 4 is 11.9 Å². The van der Waals surface area contributed by atoms with Crippen LogP contribution in [0.4, 0.5) is 0 Å². The van der Waals surface area contributed by atoms with Gasteiger partial charge in [0.1, 0.15) is 5.75 Å². The number of fused-ring (bicyclic) bond motifs is 2. The molecule has 5 heteroatoms. The zero-order chi connectivity index (χ0) is 19.7. The highest BCUT2D eigenvalue weighted by Gasteiger charge is 2.51. The molecule has 0 aliphatic heterocycles. The summed E-state index contributed by atoms with van der Waals surface area (Å²) in [6, 6.07) is 15.9. The molecule has 4 rings (SSSR count). The van der Waals surface area contributed by atoms with Crippen molar-refractivity contribution in [2.75, 3.05) is 7.11 Å². The molecule has 144 valence electrons. The molecule has 2 aromatic carbocycles. The number of rotatable bonds is 6. The van der Waals surface area contributed by atoms with E-state index in [-0.39, 0.29) is 17.7 Å². The molecule has 1 saturated carbocycles. The van der Waals surface area contributed by atoms with Crippen molar-refractivity contribution in [2.45, 2.75) is 13.0 Å². The van der Waals surface area contributed by atoms with E-state index >= 15 is 0 Å². The van der Waals surface area contributed by atoms with E-state index < -0.39 is 17.8 Å².